The molecule has 0 amide bonds. The van der Waals surface area contributed by atoms with Gasteiger partial charge in [-0.3, -0.25) is 13.6 Å². The molecule has 0 aliphatic carbocycles. The fraction of sp³-hybridized carbons (Fsp3) is 0.600. The fourth-order valence-electron chi connectivity index (χ4n) is 2.49. The summed E-state index contributed by atoms with van der Waals surface area (Å²) in [6.45, 7) is 1.38. The van der Waals surface area contributed by atoms with Crippen molar-refractivity contribution in [1.29, 1.82) is 0 Å². The summed E-state index contributed by atoms with van der Waals surface area (Å²) < 4.78 is 56.0. The fourth-order valence-corrected chi connectivity index (χ4v) is 3.70. The molecule has 1 aromatic rings. The minimum Gasteiger partial charge on any atom is -0.383 e. The number of ether oxygens (including phenoxy) is 1. The molecule has 12 heteroatoms. The first-order chi connectivity index (χ1) is 10.1. The third kappa shape index (κ3) is 2.34. The van der Waals surface area contributed by atoms with Crippen molar-refractivity contribution in [2.24, 2.45) is 5.50 Å². The number of nitrogen functional groups attached to an aromatic ring is 1. The second kappa shape index (κ2) is 4.80. The van der Waals surface area contributed by atoms with E-state index < -0.39 is 43.9 Å². The molecule has 2 aliphatic rings. The standard InChI is InChI=1S/C10H13F2N4O5P/c1-4-6-7(21-22(14,18)20-4)10(11,12)8(19-6)16-3-2-5(13)15-9(16)17/h2-4,6-8H,1H3,(H2,14,18)(H2,13,15,17)/t4?,6-,7-,8-,22?/m1/s1. The lowest BCUT2D eigenvalue weighted by molar-refractivity contribution is -0.136. The van der Waals surface area contributed by atoms with Crippen molar-refractivity contribution in [1.82, 2.24) is 9.55 Å². The van der Waals surface area contributed by atoms with Gasteiger partial charge >= 0.3 is 19.4 Å². The molecule has 0 aromatic carbocycles. The van der Waals surface area contributed by atoms with Crippen LogP contribution in [0.5, 0.6) is 0 Å². The van der Waals surface area contributed by atoms with Gasteiger partial charge in [-0.2, -0.15) is 13.8 Å². The second-order valence-corrected chi connectivity index (χ2v) is 6.55. The lowest BCUT2D eigenvalue weighted by atomic mass is 10.1. The number of fused-ring (bicyclic) bond motifs is 1. The highest BCUT2D eigenvalue weighted by molar-refractivity contribution is 7.51. The van der Waals surface area contributed by atoms with Crippen LogP contribution in [0, 0.1) is 0 Å². The Bertz CT molecular complexity index is 713. The maximum Gasteiger partial charge on any atom is 0.403 e. The van der Waals surface area contributed by atoms with Crippen LogP contribution in [0.15, 0.2) is 17.1 Å². The summed E-state index contributed by atoms with van der Waals surface area (Å²) in [6.07, 6.45) is -5.10. The molecule has 4 N–H and O–H groups in total. The summed E-state index contributed by atoms with van der Waals surface area (Å²) in [5.41, 5.74) is 9.51. The molecular weight excluding hydrogens is 325 g/mol. The van der Waals surface area contributed by atoms with Crippen LogP contribution >= 0.6 is 7.75 Å². The number of nitrogens with zero attached hydrogens (tertiary/aromatic N) is 2. The van der Waals surface area contributed by atoms with E-state index in [0.29, 0.717) is 4.57 Å². The maximum absolute atomic E-state index is 14.5. The van der Waals surface area contributed by atoms with Gasteiger partial charge < -0.3 is 10.5 Å². The van der Waals surface area contributed by atoms with Crippen LogP contribution in [0.25, 0.3) is 0 Å². The summed E-state index contributed by atoms with van der Waals surface area (Å²) in [4.78, 5) is 15.1. The van der Waals surface area contributed by atoms with E-state index in [2.05, 4.69) is 9.51 Å². The van der Waals surface area contributed by atoms with Crippen LogP contribution in [0.1, 0.15) is 13.2 Å². The highest BCUT2D eigenvalue weighted by Crippen LogP contribution is 2.56. The number of hydrogen-bond donors (Lipinski definition) is 2. The molecule has 2 unspecified atom stereocenters. The molecule has 0 bridgehead atoms. The molecular formula is C10H13F2N4O5P. The number of halogens is 2. The van der Waals surface area contributed by atoms with E-state index in [-0.39, 0.29) is 5.82 Å². The Kier molecular flexibility index (Phi) is 3.38. The average molecular weight is 338 g/mol. The van der Waals surface area contributed by atoms with Crippen molar-refractivity contribution >= 4 is 13.6 Å². The van der Waals surface area contributed by atoms with Gasteiger partial charge in [-0.25, -0.2) is 14.9 Å². The Balaban J connectivity index is 2.02. The molecule has 1 aromatic heterocycles. The van der Waals surface area contributed by atoms with Crippen LogP contribution < -0.4 is 16.9 Å². The van der Waals surface area contributed by atoms with Crippen molar-refractivity contribution in [3.63, 3.8) is 0 Å². The first kappa shape index (κ1) is 15.5. The smallest absolute Gasteiger partial charge is 0.383 e. The number of nitrogens with two attached hydrogens (primary N) is 2. The van der Waals surface area contributed by atoms with Crippen LogP contribution in [0.2, 0.25) is 0 Å². The molecule has 0 radical (unpaired) electrons. The lowest BCUT2D eigenvalue weighted by Crippen LogP contribution is -2.48. The molecule has 122 valence electrons. The summed E-state index contributed by atoms with van der Waals surface area (Å²) in [6, 6.07) is 1.18. The molecule has 22 heavy (non-hydrogen) atoms. The maximum atomic E-state index is 14.5. The predicted octanol–water partition coefficient (Wildman–Crippen LogP) is 0.229. The van der Waals surface area contributed by atoms with Crippen LogP contribution in [0.3, 0.4) is 0 Å². The van der Waals surface area contributed by atoms with Gasteiger partial charge in [0.15, 0.2) is 6.10 Å². The van der Waals surface area contributed by atoms with Crippen molar-refractivity contribution in [2.75, 3.05) is 5.73 Å². The van der Waals surface area contributed by atoms with Gasteiger partial charge in [0.05, 0.1) is 6.10 Å². The topological polar surface area (TPSA) is 132 Å². The summed E-state index contributed by atoms with van der Waals surface area (Å²) >= 11 is 0. The molecule has 2 saturated heterocycles. The third-order valence-electron chi connectivity index (χ3n) is 3.43. The molecule has 0 saturated carbocycles. The molecule has 3 rings (SSSR count). The largest absolute Gasteiger partial charge is 0.403 e. The first-order valence-corrected chi connectivity index (χ1v) is 7.86. The summed E-state index contributed by atoms with van der Waals surface area (Å²) in [5.74, 6) is -3.78. The molecule has 3 heterocycles. The zero-order chi connectivity index (χ0) is 16.3. The molecule has 0 spiro atoms. The van der Waals surface area contributed by atoms with E-state index >= 15 is 0 Å². The van der Waals surface area contributed by atoms with E-state index in [1.165, 1.54) is 13.0 Å². The quantitative estimate of drug-likeness (QED) is 0.696. The SMILES string of the molecule is CC1OP(N)(=O)O[C@@H]2[C@@H]1O[C@@H](n1ccc(N)nc1=O)C2(F)F. The van der Waals surface area contributed by atoms with E-state index in [1.807, 2.05) is 0 Å². The Hall–Kier alpha value is -1.39. The highest BCUT2D eigenvalue weighted by atomic mass is 31.2. The molecule has 2 fully saturated rings. The highest BCUT2D eigenvalue weighted by Gasteiger charge is 2.66. The van der Waals surface area contributed by atoms with E-state index in [9.17, 15) is 18.1 Å². The van der Waals surface area contributed by atoms with Gasteiger partial charge in [0, 0.05) is 6.20 Å². The van der Waals surface area contributed by atoms with Gasteiger partial charge in [-0.1, -0.05) is 0 Å². The Morgan fingerprint density at radius 2 is 2.14 bits per heavy atom. The Morgan fingerprint density at radius 1 is 1.45 bits per heavy atom. The van der Waals surface area contributed by atoms with Crippen molar-refractivity contribution in [3.05, 3.63) is 22.7 Å². The van der Waals surface area contributed by atoms with Crippen molar-refractivity contribution in [3.8, 4) is 0 Å². The van der Waals surface area contributed by atoms with Crippen molar-refractivity contribution < 1.29 is 27.1 Å². The minimum atomic E-state index is -4.11. The van der Waals surface area contributed by atoms with E-state index in [4.69, 9.17) is 20.5 Å². The molecule has 9 nitrogen and oxygen atoms in total. The monoisotopic (exact) mass is 338 g/mol. The third-order valence-corrected chi connectivity index (χ3v) is 4.58. The van der Waals surface area contributed by atoms with Crippen LogP contribution in [-0.4, -0.2) is 33.8 Å². The lowest BCUT2D eigenvalue weighted by Gasteiger charge is -2.34. The van der Waals surface area contributed by atoms with Crippen molar-refractivity contribution in [2.45, 2.75) is 37.4 Å². The van der Waals surface area contributed by atoms with E-state index in [0.717, 1.165) is 6.20 Å². The van der Waals surface area contributed by atoms with Gasteiger partial charge in [0.25, 0.3) is 0 Å². The van der Waals surface area contributed by atoms with Crippen LogP contribution in [0.4, 0.5) is 14.6 Å². The first-order valence-electron chi connectivity index (χ1n) is 6.25. The van der Waals surface area contributed by atoms with Gasteiger partial charge in [-0.15, -0.1) is 0 Å². The average Bonchev–Trinajstić information content (AvgIpc) is 2.61. The second-order valence-electron chi connectivity index (χ2n) is 5.05. The molecule has 5 atom stereocenters. The van der Waals surface area contributed by atoms with E-state index in [1.54, 1.807) is 0 Å². The number of rotatable bonds is 1. The summed E-state index contributed by atoms with van der Waals surface area (Å²) in [5, 5.41) is 0. The van der Waals surface area contributed by atoms with Gasteiger partial charge in [-0.05, 0) is 13.0 Å². The number of aromatic nitrogens is 2. The molecule has 2 aliphatic heterocycles. The van der Waals surface area contributed by atoms with Gasteiger partial charge in [0.1, 0.15) is 11.9 Å². The number of alkyl halides is 2. The number of hydrogen-bond acceptors (Lipinski definition) is 7. The van der Waals surface area contributed by atoms with Gasteiger partial charge in [0.2, 0.25) is 6.23 Å². The zero-order valence-corrected chi connectivity index (χ0v) is 12.2. The minimum absolute atomic E-state index is 0.112. The zero-order valence-electron chi connectivity index (χ0n) is 11.3. The Labute approximate surface area is 122 Å². The number of anilines is 1. The summed E-state index contributed by atoms with van der Waals surface area (Å²) in [7, 11) is -4.11. The normalized spacial score (nSPS) is 40.4. The van der Waals surface area contributed by atoms with Crippen LogP contribution in [-0.2, 0) is 18.3 Å². The predicted molar refractivity (Wildman–Crippen MR) is 69.0 cm³/mol. The Morgan fingerprint density at radius 3 is 2.77 bits per heavy atom.